The van der Waals surface area contributed by atoms with Gasteiger partial charge in [0.25, 0.3) is 0 Å². The zero-order valence-corrected chi connectivity index (χ0v) is 41.8. The minimum absolute atomic E-state index is 0. The van der Waals surface area contributed by atoms with Crippen LogP contribution in [-0.4, -0.2) is 154 Å². The number of aliphatic hydroxyl groups is 4. The molecule has 11 heteroatoms. The van der Waals surface area contributed by atoms with E-state index in [2.05, 4.69) is 110 Å². The summed E-state index contributed by atoms with van der Waals surface area (Å²) in [6.45, 7) is 29.4. The zero-order chi connectivity index (χ0) is 38.8. The van der Waals surface area contributed by atoms with Crippen LogP contribution in [0.15, 0.2) is 0 Å². The first-order valence-corrected chi connectivity index (χ1v) is 21.4. The second-order valence-corrected chi connectivity index (χ2v) is 18.8. The quantitative estimate of drug-likeness (QED) is 0.258. The van der Waals surface area contributed by atoms with Crippen LogP contribution in [0, 0.1) is 20.9 Å². The van der Waals surface area contributed by atoms with Crippen LogP contribution >= 0.6 is 0 Å². The molecule has 0 aromatic heterocycles. The molecule has 0 spiro atoms. The van der Waals surface area contributed by atoms with Crippen molar-refractivity contribution in [3.63, 3.8) is 0 Å². The maximum absolute atomic E-state index is 9.60. The van der Waals surface area contributed by atoms with Gasteiger partial charge in [-0.05, 0) is 138 Å². The molecule has 54 heavy (non-hydrogen) atoms. The second-order valence-electron chi connectivity index (χ2n) is 18.8. The summed E-state index contributed by atoms with van der Waals surface area (Å²) in [7, 11) is 3.75. The summed E-state index contributed by atoms with van der Waals surface area (Å²) in [5, 5.41) is 38.4. The summed E-state index contributed by atoms with van der Waals surface area (Å²) in [5.74, 6) is 0. The molecule has 8 rings (SSSR count). The van der Waals surface area contributed by atoms with Crippen molar-refractivity contribution in [2.24, 2.45) is 0 Å². The van der Waals surface area contributed by atoms with Crippen molar-refractivity contribution in [1.82, 2.24) is 24.5 Å². The molecule has 12 atom stereocenters. The van der Waals surface area contributed by atoms with Gasteiger partial charge in [-0.1, -0.05) is 13.8 Å². The van der Waals surface area contributed by atoms with Gasteiger partial charge in [0.1, 0.15) is 0 Å². The number of nitrogens with zero attached hydrogens (tertiary/aromatic N) is 5. The number of rotatable bonds is 6. The summed E-state index contributed by atoms with van der Waals surface area (Å²) in [4.78, 5) is 11.8. The topological polar surface area (TPSA) is 97.1 Å². The smallest absolute Gasteiger partial charge is 0.0710 e. The molecule has 0 amide bonds. The van der Waals surface area contributed by atoms with Gasteiger partial charge < -0.3 is 39.2 Å². The number of hydrogen-bond acceptors (Lipinski definition) is 9. The molecule has 315 valence electrons. The molecule has 8 fully saturated rings. The molecule has 0 aromatic rings. The van der Waals surface area contributed by atoms with E-state index in [1.54, 1.807) is 0 Å². The Morgan fingerprint density at radius 1 is 0.444 bits per heavy atom. The van der Waals surface area contributed by atoms with Crippen molar-refractivity contribution >= 4 is 0 Å². The largest absolute Gasteiger partial charge is 0.508 e. The van der Waals surface area contributed by atoms with Crippen molar-refractivity contribution in [3.05, 3.63) is 20.9 Å². The van der Waals surface area contributed by atoms with Crippen LogP contribution in [0.2, 0.25) is 0 Å². The third-order valence-electron chi connectivity index (χ3n) is 13.7. The summed E-state index contributed by atoms with van der Waals surface area (Å²) >= 11 is 0. The SMILES string of the molecule is CC(C)N1C2CCC1C(O)C2.CC(C)N1C2CCC1C(O)C2.CC(C)N1C2CCC1C(O)C2.CC(C)N1C2CCC1C(O)C2.[CH2-]C([CH2-])N([CH2-])C(C)C.[W].[Y]. The van der Waals surface area contributed by atoms with Crippen LogP contribution in [0.25, 0.3) is 0 Å². The van der Waals surface area contributed by atoms with Crippen molar-refractivity contribution in [1.29, 1.82) is 0 Å². The predicted molar refractivity (Wildman–Crippen MR) is 214 cm³/mol. The standard InChI is InChI=1S/4C9H17NO.C7H14N.W.Y/c4*1-6(2)10-7-3-4-8(10)9(11)5-7;1-6(2)8(5)7(3)4;;/h4*6-9,11H,3-5H2,1-2H3;6-7H,1-2,5H2,3-4H3;;/q;;;;-3;;. The van der Waals surface area contributed by atoms with E-state index in [9.17, 15) is 20.4 Å². The van der Waals surface area contributed by atoms with Crippen molar-refractivity contribution < 1.29 is 74.2 Å². The molecule has 8 saturated heterocycles. The van der Waals surface area contributed by atoms with Crippen LogP contribution in [-0.2, 0) is 53.8 Å². The van der Waals surface area contributed by atoms with E-state index in [-0.39, 0.29) is 84.2 Å². The van der Waals surface area contributed by atoms with Gasteiger partial charge >= 0.3 is 0 Å². The van der Waals surface area contributed by atoms with Crippen molar-refractivity contribution in [2.45, 2.75) is 255 Å². The van der Waals surface area contributed by atoms with Crippen LogP contribution in [0.1, 0.15) is 146 Å². The number of fused-ring (bicyclic) bond motifs is 8. The van der Waals surface area contributed by atoms with Crippen LogP contribution in [0.5, 0.6) is 0 Å². The average Bonchev–Trinajstić information content (AvgIpc) is 3.92. The molecule has 4 N–H and O–H groups in total. The van der Waals surface area contributed by atoms with Crippen molar-refractivity contribution in [3.8, 4) is 0 Å². The van der Waals surface area contributed by atoms with Gasteiger partial charge in [-0.25, -0.2) is 0 Å². The Bertz CT molecular complexity index is 921. The molecule has 8 aliphatic rings. The third-order valence-corrected chi connectivity index (χ3v) is 13.7. The van der Waals surface area contributed by atoms with E-state index in [0.29, 0.717) is 78.5 Å². The Labute approximate surface area is 372 Å². The molecule has 8 aliphatic heterocycles. The molecule has 8 bridgehead atoms. The minimum atomic E-state index is -0.0313. The average molecular weight is 1010 g/mol. The zero-order valence-electron chi connectivity index (χ0n) is 36.0. The Kier molecular flexibility index (Phi) is 21.8. The fourth-order valence-electron chi connectivity index (χ4n) is 11.6. The van der Waals surface area contributed by atoms with Gasteiger partial charge in [0, 0.05) is 126 Å². The van der Waals surface area contributed by atoms with E-state index in [0.717, 1.165) is 25.7 Å². The summed E-state index contributed by atoms with van der Waals surface area (Å²) < 4.78 is 0. The Morgan fingerprint density at radius 3 is 0.704 bits per heavy atom. The molecule has 0 aromatic carbocycles. The number of aliphatic hydroxyl groups excluding tert-OH is 4. The Hall–Kier alpha value is 1.43. The molecule has 1 radical (unpaired) electrons. The van der Waals surface area contributed by atoms with Gasteiger partial charge in [-0.2, -0.15) is 0 Å². The normalized spacial score (nSPS) is 37.8. The van der Waals surface area contributed by atoms with Gasteiger partial charge in [-0.3, -0.25) is 32.7 Å². The Balaban J connectivity index is 0.000000233. The molecule has 0 aliphatic carbocycles. The van der Waals surface area contributed by atoms with Gasteiger partial charge in [0.15, 0.2) is 0 Å². The first-order chi connectivity index (χ1) is 24.3. The second kappa shape index (κ2) is 22.9. The van der Waals surface area contributed by atoms with E-state index in [1.807, 2.05) is 4.90 Å². The molecule has 9 nitrogen and oxygen atoms in total. The summed E-state index contributed by atoms with van der Waals surface area (Å²) in [6.07, 6.45) is 14.0. The minimum Gasteiger partial charge on any atom is -0.508 e. The molecule has 12 unspecified atom stereocenters. The maximum atomic E-state index is 9.60. The van der Waals surface area contributed by atoms with Crippen molar-refractivity contribution in [2.75, 3.05) is 0 Å². The predicted octanol–water partition coefficient (Wildman–Crippen LogP) is 5.49. The van der Waals surface area contributed by atoms with Gasteiger partial charge in [0.05, 0.1) is 24.4 Å². The van der Waals surface area contributed by atoms with Gasteiger partial charge in [0.2, 0.25) is 0 Å². The molecular formula is C43H82N5O4WY-3. The maximum Gasteiger partial charge on any atom is 0.0710 e. The van der Waals surface area contributed by atoms with E-state index >= 15 is 0 Å². The molecule has 0 saturated carbocycles. The van der Waals surface area contributed by atoms with Gasteiger partial charge in [-0.15, -0.1) is 0 Å². The first-order valence-electron chi connectivity index (χ1n) is 21.4. The number of hydrogen-bond donors (Lipinski definition) is 4. The summed E-state index contributed by atoms with van der Waals surface area (Å²) in [5.41, 5.74) is 0. The van der Waals surface area contributed by atoms with E-state index < -0.39 is 0 Å². The van der Waals surface area contributed by atoms with Crippen LogP contribution in [0.4, 0.5) is 0 Å². The summed E-state index contributed by atoms with van der Waals surface area (Å²) in [6, 6.07) is 7.67. The van der Waals surface area contributed by atoms with Crippen LogP contribution in [0.3, 0.4) is 0 Å². The fraction of sp³-hybridized carbons (Fsp3) is 0.930. The molecule has 8 heterocycles. The monoisotopic (exact) mass is 1010 g/mol. The van der Waals surface area contributed by atoms with E-state index in [4.69, 9.17) is 0 Å². The molecular weight excluding hydrogens is 923 g/mol. The van der Waals surface area contributed by atoms with E-state index in [1.165, 1.54) is 51.4 Å². The first kappa shape index (κ1) is 51.6. The Morgan fingerprint density at radius 2 is 0.648 bits per heavy atom. The fourth-order valence-corrected chi connectivity index (χ4v) is 11.6. The third kappa shape index (κ3) is 12.3. The van der Waals surface area contributed by atoms with Crippen LogP contribution < -0.4 is 0 Å².